The summed E-state index contributed by atoms with van der Waals surface area (Å²) in [6.07, 6.45) is 3.40. The molecule has 7 nitrogen and oxygen atoms in total. The van der Waals surface area contributed by atoms with Crippen molar-refractivity contribution >= 4 is 5.91 Å². The van der Waals surface area contributed by atoms with Gasteiger partial charge >= 0.3 is 0 Å². The SMILES string of the molecule is O=C(NCc1ccc(-c2ccccn2)nc1)c1ccc(=O)[nH]n1. The van der Waals surface area contributed by atoms with Crippen molar-refractivity contribution in [2.24, 2.45) is 0 Å². The van der Waals surface area contributed by atoms with Gasteiger partial charge in [0.1, 0.15) is 5.69 Å². The number of rotatable bonds is 4. The van der Waals surface area contributed by atoms with Crippen LogP contribution in [0.4, 0.5) is 0 Å². The second kappa shape index (κ2) is 6.61. The van der Waals surface area contributed by atoms with Gasteiger partial charge in [-0.2, -0.15) is 5.10 Å². The van der Waals surface area contributed by atoms with Crippen LogP contribution in [-0.2, 0) is 6.54 Å². The number of nitrogens with one attached hydrogen (secondary N) is 2. The van der Waals surface area contributed by atoms with Crippen LogP contribution in [0.5, 0.6) is 0 Å². The number of aromatic amines is 1. The molecule has 0 aliphatic carbocycles. The Bertz CT molecular complexity index is 839. The summed E-state index contributed by atoms with van der Waals surface area (Å²) in [5, 5.41) is 8.60. The third kappa shape index (κ3) is 3.65. The molecular formula is C16H13N5O2. The number of hydrogen-bond acceptors (Lipinski definition) is 5. The van der Waals surface area contributed by atoms with Gasteiger partial charge in [0.05, 0.1) is 11.4 Å². The molecule has 0 aliphatic heterocycles. The highest BCUT2D eigenvalue weighted by Crippen LogP contribution is 2.13. The maximum absolute atomic E-state index is 11.9. The lowest BCUT2D eigenvalue weighted by Crippen LogP contribution is -2.25. The molecule has 114 valence electrons. The molecule has 0 saturated heterocycles. The standard InChI is InChI=1S/C16H13N5O2/c22-15-7-6-14(20-21-15)16(23)19-10-11-4-5-13(18-9-11)12-3-1-2-8-17-12/h1-9H,10H2,(H,19,23)(H,21,22). The molecule has 3 rings (SSSR count). The molecule has 0 aromatic carbocycles. The van der Waals surface area contributed by atoms with Crippen LogP contribution in [0.1, 0.15) is 16.1 Å². The van der Waals surface area contributed by atoms with Crippen molar-refractivity contribution in [1.82, 2.24) is 25.5 Å². The molecule has 0 atom stereocenters. The average Bonchev–Trinajstić information content (AvgIpc) is 2.61. The summed E-state index contributed by atoms with van der Waals surface area (Å²) in [7, 11) is 0. The molecule has 3 heterocycles. The number of aromatic nitrogens is 4. The van der Waals surface area contributed by atoms with Crippen molar-refractivity contribution in [3.05, 3.63) is 76.5 Å². The van der Waals surface area contributed by atoms with Crippen LogP contribution in [-0.4, -0.2) is 26.1 Å². The zero-order chi connectivity index (χ0) is 16.1. The first-order valence-electron chi connectivity index (χ1n) is 6.92. The van der Waals surface area contributed by atoms with Gasteiger partial charge in [0.2, 0.25) is 0 Å². The summed E-state index contributed by atoms with van der Waals surface area (Å²) in [6, 6.07) is 12.0. The molecule has 0 unspecified atom stereocenters. The Hall–Kier alpha value is -3.35. The predicted molar refractivity (Wildman–Crippen MR) is 83.5 cm³/mol. The van der Waals surface area contributed by atoms with Crippen molar-refractivity contribution < 1.29 is 4.79 Å². The summed E-state index contributed by atoms with van der Waals surface area (Å²) in [6.45, 7) is 0.315. The Morgan fingerprint density at radius 1 is 1.04 bits per heavy atom. The average molecular weight is 307 g/mol. The van der Waals surface area contributed by atoms with Gasteiger partial charge in [0, 0.05) is 25.0 Å². The Balaban J connectivity index is 1.63. The van der Waals surface area contributed by atoms with Gasteiger partial charge in [-0.1, -0.05) is 12.1 Å². The summed E-state index contributed by atoms with van der Waals surface area (Å²) in [5.41, 5.74) is 2.21. The third-order valence-electron chi connectivity index (χ3n) is 3.12. The van der Waals surface area contributed by atoms with Crippen LogP contribution in [0.15, 0.2) is 59.7 Å². The molecule has 3 aromatic rings. The molecule has 0 aliphatic rings. The summed E-state index contributed by atoms with van der Waals surface area (Å²) in [5.74, 6) is -0.366. The van der Waals surface area contributed by atoms with E-state index in [9.17, 15) is 9.59 Å². The van der Waals surface area contributed by atoms with Gasteiger partial charge in [0.25, 0.3) is 11.5 Å². The van der Waals surface area contributed by atoms with E-state index in [1.54, 1.807) is 12.4 Å². The fraction of sp³-hybridized carbons (Fsp3) is 0.0625. The van der Waals surface area contributed by atoms with E-state index in [-0.39, 0.29) is 17.2 Å². The van der Waals surface area contributed by atoms with E-state index in [2.05, 4.69) is 25.5 Å². The number of nitrogens with zero attached hydrogens (tertiary/aromatic N) is 3. The summed E-state index contributed by atoms with van der Waals surface area (Å²) in [4.78, 5) is 31.4. The van der Waals surface area contributed by atoms with Crippen molar-refractivity contribution in [3.63, 3.8) is 0 Å². The van der Waals surface area contributed by atoms with Crippen LogP contribution < -0.4 is 10.9 Å². The minimum absolute atomic E-state index is 0.155. The minimum Gasteiger partial charge on any atom is -0.347 e. The number of carbonyl (C=O) groups is 1. The van der Waals surface area contributed by atoms with Gasteiger partial charge in [0.15, 0.2) is 0 Å². The molecule has 0 radical (unpaired) electrons. The monoisotopic (exact) mass is 307 g/mol. The highest BCUT2D eigenvalue weighted by Gasteiger charge is 2.07. The molecule has 0 saturated carbocycles. The number of amides is 1. The zero-order valence-corrected chi connectivity index (χ0v) is 12.1. The van der Waals surface area contributed by atoms with Gasteiger partial charge in [-0.15, -0.1) is 0 Å². The van der Waals surface area contributed by atoms with Crippen LogP contribution in [0, 0.1) is 0 Å². The molecule has 7 heteroatoms. The van der Waals surface area contributed by atoms with Gasteiger partial charge in [-0.3, -0.25) is 19.6 Å². The minimum atomic E-state index is -0.366. The first-order chi connectivity index (χ1) is 11.2. The van der Waals surface area contributed by atoms with Crippen molar-refractivity contribution in [3.8, 4) is 11.4 Å². The Labute approximate surface area is 131 Å². The van der Waals surface area contributed by atoms with E-state index in [1.165, 1.54) is 12.1 Å². The Morgan fingerprint density at radius 3 is 2.57 bits per heavy atom. The Morgan fingerprint density at radius 2 is 1.91 bits per heavy atom. The van der Waals surface area contributed by atoms with Crippen molar-refractivity contribution in [1.29, 1.82) is 0 Å². The smallest absolute Gasteiger partial charge is 0.271 e. The first kappa shape index (κ1) is 14.6. The summed E-state index contributed by atoms with van der Waals surface area (Å²) < 4.78 is 0. The van der Waals surface area contributed by atoms with Gasteiger partial charge in [-0.05, 0) is 29.8 Å². The van der Waals surface area contributed by atoms with E-state index in [0.29, 0.717) is 6.54 Å². The fourth-order valence-corrected chi connectivity index (χ4v) is 1.94. The van der Waals surface area contributed by atoms with Gasteiger partial charge < -0.3 is 5.32 Å². The number of carbonyl (C=O) groups excluding carboxylic acids is 1. The fourth-order valence-electron chi connectivity index (χ4n) is 1.94. The van der Waals surface area contributed by atoms with E-state index in [4.69, 9.17) is 0 Å². The first-order valence-corrected chi connectivity index (χ1v) is 6.92. The molecule has 0 spiro atoms. The lowest BCUT2D eigenvalue weighted by molar-refractivity contribution is 0.0945. The normalized spacial score (nSPS) is 10.3. The molecule has 3 aromatic heterocycles. The van der Waals surface area contributed by atoms with Crippen LogP contribution in [0.3, 0.4) is 0 Å². The van der Waals surface area contributed by atoms with Crippen LogP contribution in [0.2, 0.25) is 0 Å². The lowest BCUT2D eigenvalue weighted by atomic mass is 10.2. The zero-order valence-electron chi connectivity index (χ0n) is 12.1. The summed E-state index contributed by atoms with van der Waals surface area (Å²) >= 11 is 0. The van der Waals surface area contributed by atoms with E-state index in [0.717, 1.165) is 17.0 Å². The molecule has 0 bridgehead atoms. The number of hydrogen-bond donors (Lipinski definition) is 2. The second-order valence-electron chi connectivity index (χ2n) is 4.76. The maximum Gasteiger partial charge on any atom is 0.271 e. The Kier molecular flexibility index (Phi) is 4.19. The molecular weight excluding hydrogens is 294 g/mol. The number of pyridine rings is 2. The van der Waals surface area contributed by atoms with E-state index < -0.39 is 0 Å². The topological polar surface area (TPSA) is 101 Å². The quantitative estimate of drug-likeness (QED) is 0.753. The molecule has 0 fully saturated rings. The van der Waals surface area contributed by atoms with Crippen LogP contribution >= 0.6 is 0 Å². The predicted octanol–water partition coefficient (Wildman–Crippen LogP) is 1.16. The maximum atomic E-state index is 11.9. The highest BCUT2D eigenvalue weighted by molar-refractivity contribution is 5.91. The molecule has 2 N–H and O–H groups in total. The van der Waals surface area contributed by atoms with E-state index in [1.807, 2.05) is 30.3 Å². The van der Waals surface area contributed by atoms with Crippen molar-refractivity contribution in [2.45, 2.75) is 6.54 Å². The lowest BCUT2D eigenvalue weighted by Gasteiger charge is -2.05. The van der Waals surface area contributed by atoms with Crippen molar-refractivity contribution in [2.75, 3.05) is 0 Å². The molecule has 23 heavy (non-hydrogen) atoms. The largest absolute Gasteiger partial charge is 0.347 e. The van der Waals surface area contributed by atoms with E-state index >= 15 is 0 Å². The van der Waals surface area contributed by atoms with Gasteiger partial charge in [-0.25, -0.2) is 5.10 Å². The van der Waals surface area contributed by atoms with Crippen LogP contribution in [0.25, 0.3) is 11.4 Å². The third-order valence-corrected chi connectivity index (χ3v) is 3.12. The molecule has 1 amide bonds. The number of H-pyrrole nitrogens is 1. The highest BCUT2D eigenvalue weighted by atomic mass is 16.2. The second-order valence-corrected chi connectivity index (χ2v) is 4.76.